The Morgan fingerprint density at radius 3 is 2.82 bits per heavy atom. The average molecular weight is 231 g/mol. The number of nitrogens with zero attached hydrogens (tertiary/aromatic N) is 4. The Morgan fingerprint density at radius 2 is 2.12 bits per heavy atom. The van der Waals surface area contributed by atoms with Crippen LogP contribution in [-0.4, -0.2) is 25.6 Å². The summed E-state index contributed by atoms with van der Waals surface area (Å²) in [4.78, 5) is 4.47. The van der Waals surface area contributed by atoms with E-state index in [9.17, 15) is 0 Å². The highest BCUT2D eigenvalue weighted by Gasteiger charge is 2.29. The van der Waals surface area contributed by atoms with Crippen LogP contribution in [0.15, 0.2) is 6.07 Å². The van der Waals surface area contributed by atoms with E-state index in [0.717, 1.165) is 35.8 Å². The zero-order valence-electron chi connectivity index (χ0n) is 10.2. The van der Waals surface area contributed by atoms with Crippen molar-refractivity contribution in [3.05, 3.63) is 23.4 Å². The highest BCUT2D eigenvalue weighted by Crippen LogP contribution is 2.32. The normalized spacial score (nSPS) is 24.6. The summed E-state index contributed by atoms with van der Waals surface area (Å²) in [5, 5.41) is 8.56. The Kier molecular flexibility index (Phi) is 2.36. The highest BCUT2D eigenvalue weighted by atomic mass is 15.3. The van der Waals surface area contributed by atoms with Crippen LogP contribution in [0, 0.1) is 13.8 Å². The fourth-order valence-corrected chi connectivity index (χ4v) is 2.81. The third-order valence-electron chi connectivity index (χ3n) is 3.61. The Balaban J connectivity index is 2.17. The minimum Gasteiger partial charge on any atom is -0.327 e. The maximum Gasteiger partial charge on any atom is 0.164 e. The molecule has 0 aromatic carbocycles. The van der Waals surface area contributed by atoms with Crippen LogP contribution in [0.25, 0.3) is 5.65 Å². The second-order valence-electron chi connectivity index (χ2n) is 4.90. The van der Waals surface area contributed by atoms with Crippen molar-refractivity contribution in [2.24, 2.45) is 5.73 Å². The molecule has 2 N–H and O–H groups in total. The van der Waals surface area contributed by atoms with Crippen LogP contribution >= 0.6 is 0 Å². The van der Waals surface area contributed by atoms with Gasteiger partial charge >= 0.3 is 0 Å². The summed E-state index contributed by atoms with van der Waals surface area (Å²) in [6.45, 7) is 3.97. The van der Waals surface area contributed by atoms with Gasteiger partial charge in [-0.2, -0.15) is 0 Å². The van der Waals surface area contributed by atoms with Crippen molar-refractivity contribution in [1.82, 2.24) is 19.6 Å². The van der Waals surface area contributed by atoms with Gasteiger partial charge in [-0.1, -0.05) is 6.42 Å². The third kappa shape index (κ3) is 1.61. The maximum absolute atomic E-state index is 6.14. The van der Waals surface area contributed by atoms with Crippen LogP contribution < -0.4 is 5.73 Å². The monoisotopic (exact) mass is 231 g/mol. The van der Waals surface area contributed by atoms with Gasteiger partial charge in [-0.3, -0.25) is 4.40 Å². The maximum atomic E-state index is 6.14. The molecule has 0 aliphatic heterocycles. The molecule has 2 aromatic heterocycles. The summed E-state index contributed by atoms with van der Waals surface area (Å²) in [5.74, 6) is 2.25. The van der Waals surface area contributed by atoms with Gasteiger partial charge in [-0.15, -0.1) is 10.2 Å². The summed E-state index contributed by atoms with van der Waals surface area (Å²) in [7, 11) is 0. The first-order valence-electron chi connectivity index (χ1n) is 6.11. The molecule has 0 bridgehead atoms. The summed E-state index contributed by atoms with van der Waals surface area (Å²) in [6.07, 6.45) is 3.37. The summed E-state index contributed by atoms with van der Waals surface area (Å²) in [6, 6.07) is 2.17. The van der Waals surface area contributed by atoms with Crippen LogP contribution in [0.1, 0.15) is 42.5 Å². The van der Waals surface area contributed by atoms with Crippen LogP contribution in [0.2, 0.25) is 0 Å². The van der Waals surface area contributed by atoms with Gasteiger partial charge in [0.1, 0.15) is 11.6 Å². The fraction of sp³-hybridized carbons (Fsp3) is 0.583. The van der Waals surface area contributed by atoms with Crippen LogP contribution in [0.4, 0.5) is 0 Å². The molecule has 90 valence electrons. The van der Waals surface area contributed by atoms with Crippen molar-refractivity contribution in [1.29, 1.82) is 0 Å². The number of aryl methyl sites for hydroxylation is 2. The van der Waals surface area contributed by atoms with Gasteiger partial charge in [-0.25, -0.2) is 4.98 Å². The van der Waals surface area contributed by atoms with Crippen molar-refractivity contribution in [3.63, 3.8) is 0 Å². The van der Waals surface area contributed by atoms with Gasteiger partial charge in [0, 0.05) is 23.7 Å². The Hall–Kier alpha value is -1.49. The van der Waals surface area contributed by atoms with Gasteiger partial charge in [0.25, 0.3) is 0 Å². The van der Waals surface area contributed by atoms with Gasteiger partial charge in [0.2, 0.25) is 0 Å². The van der Waals surface area contributed by atoms with E-state index in [0.29, 0.717) is 5.92 Å². The lowest BCUT2D eigenvalue weighted by atomic mass is 10.0. The minimum atomic E-state index is 0.211. The van der Waals surface area contributed by atoms with E-state index in [-0.39, 0.29) is 6.04 Å². The van der Waals surface area contributed by atoms with Crippen LogP contribution in [0.3, 0.4) is 0 Å². The van der Waals surface area contributed by atoms with Crippen molar-refractivity contribution < 1.29 is 0 Å². The van der Waals surface area contributed by atoms with Crippen LogP contribution in [-0.2, 0) is 0 Å². The molecule has 5 heteroatoms. The van der Waals surface area contributed by atoms with E-state index >= 15 is 0 Å². The molecule has 5 nitrogen and oxygen atoms in total. The molecule has 1 saturated carbocycles. The first-order valence-corrected chi connectivity index (χ1v) is 6.11. The van der Waals surface area contributed by atoms with Gasteiger partial charge < -0.3 is 5.73 Å². The average Bonchev–Trinajstić information content (AvgIpc) is 2.83. The van der Waals surface area contributed by atoms with E-state index in [1.54, 1.807) is 0 Å². The highest BCUT2D eigenvalue weighted by molar-refractivity contribution is 5.40. The molecule has 17 heavy (non-hydrogen) atoms. The predicted molar refractivity (Wildman–Crippen MR) is 64.8 cm³/mol. The lowest BCUT2D eigenvalue weighted by Gasteiger charge is -2.14. The molecule has 0 spiro atoms. The van der Waals surface area contributed by atoms with Gasteiger partial charge in [0.15, 0.2) is 5.65 Å². The second kappa shape index (κ2) is 3.77. The summed E-state index contributed by atoms with van der Waals surface area (Å²) in [5.41, 5.74) is 8.00. The molecule has 0 radical (unpaired) electrons. The lowest BCUT2D eigenvalue weighted by molar-refractivity contribution is 0.572. The molecule has 1 fully saturated rings. The third-order valence-corrected chi connectivity index (χ3v) is 3.61. The molecule has 2 atom stereocenters. The summed E-state index contributed by atoms with van der Waals surface area (Å²) < 4.78 is 2.04. The zero-order valence-corrected chi connectivity index (χ0v) is 10.2. The molecule has 1 aliphatic rings. The molecule has 0 saturated heterocycles. The second-order valence-corrected chi connectivity index (χ2v) is 4.90. The molecule has 2 unspecified atom stereocenters. The standard InChI is InChI=1S/C12H17N5/c1-7-6-11-15-16-12(17(11)8(2)14-7)9-4-3-5-10(9)13/h6,9-10H,3-5,13H2,1-2H3. The van der Waals surface area contributed by atoms with E-state index < -0.39 is 0 Å². The number of rotatable bonds is 1. The Morgan fingerprint density at radius 1 is 1.29 bits per heavy atom. The zero-order chi connectivity index (χ0) is 12.0. The number of hydrogen-bond donors (Lipinski definition) is 1. The number of nitrogens with two attached hydrogens (primary N) is 1. The van der Waals surface area contributed by atoms with Crippen molar-refractivity contribution in [2.75, 3.05) is 0 Å². The first-order chi connectivity index (χ1) is 8.16. The van der Waals surface area contributed by atoms with Crippen molar-refractivity contribution in [3.8, 4) is 0 Å². The van der Waals surface area contributed by atoms with E-state index in [1.807, 2.05) is 24.3 Å². The number of hydrogen-bond acceptors (Lipinski definition) is 4. The molecular weight excluding hydrogens is 214 g/mol. The molecule has 1 aliphatic carbocycles. The minimum absolute atomic E-state index is 0.211. The van der Waals surface area contributed by atoms with Gasteiger partial charge in [0.05, 0.1) is 0 Å². The summed E-state index contributed by atoms with van der Waals surface area (Å²) >= 11 is 0. The quantitative estimate of drug-likeness (QED) is 0.804. The SMILES string of the molecule is Cc1cc2nnc(C3CCCC3N)n2c(C)n1. The van der Waals surface area contributed by atoms with E-state index in [1.165, 1.54) is 6.42 Å². The number of aromatic nitrogens is 4. The molecule has 0 amide bonds. The predicted octanol–water partition coefficient (Wildman–Crippen LogP) is 1.34. The Labute approximate surface area is 100 Å². The lowest BCUT2D eigenvalue weighted by Crippen LogP contribution is -2.24. The van der Waals surface area contributed by atoms with Gasteiger partial charge in [-0.05, 0) is 26.7 Å². The molecule has 2 heterocycles. The van der Waals surface area contributed by atoms with E-state index in [2.05, 4.69) is 15.2 Å². The molecular formula is C12H17N5. The molecule has 2 aromatic rings. The van der Waals surface area contributed by atoms with Crippen molar-refractivity contribution >= 4 is 5.65 Å². The van der Waals surface area contributed by atoms with Crippen LogP contribution in [0.5, 0.6) is 0 Å². The first kappa shape index (κ1) is 10.7. The Bertz CT molecular complexity index is 559. The largest absolute Gasteiger partial charge is 0.327 e. The molecule has 3 rings (SSSR count). The smallest absolute Gasteiger partial charge is 0.164 e. The van der Waals surface area contributed by atoms with E-state index in [4.69, 9.17) is 5.73 Å². The fourth-order valence-electron chi connectivity index (χ4n) is 2.81. The topological polar surface area (TPSA) is 69.1 Å². The van der Waals surface area contributed by atoms with Crippen molar-refractivity contribution in [2.45, 2.75) is 45.1 Å². The number of fused-ring (bicyclic) bond motifs is 1.